The van der Waals surface area contributed by atoms with Gasteiger partial charge in [-0.05, 0) is 31.5 Å². The number of hydrogen-bond acceptors (Lipinski definition) is 3. The van der Waals surface area contributed by atoms with E-state index in [0.29, 0.717) is 11.4 Å². The van der Waals surface area contributed by atoms with E-state index in [1.807, 2.05) is 13.8 Å². The summed E-state index contributed by atoms with van der Waals surface area (Å²) >= 11 is 1.40. The fourth-order valence-electron chi connectivity index (χ4n) is 1.84. The van der Waals surface area contributed by atoms with Crippen molar-refractivity contribution in [2.24, 2.45) is 0 Å². The van der Waals surface area contributed by atoms with E-state index in [4.69, 9.17) is 0 Å². The van der Waals surface area contributed by atoms with Gasteiger partial charge in [0.15, 0.2) is 0 Å². The average Bonchev–Trinajstić information content (AvgIpc) is 2.70. The Hall–Kier alpha value is -1.75. The van der Waals surface area contributed by atoms with Gasteiger partial charge in [0.25, 0.3) is 5.91 Å². The van der Waals surface area contributed by atoms with E-state index in [9.17, 15) is 9.18 Å². The summed E-state index contributed by atoms with van der Waals surface area (Å²) in [6, 6.07) is 6.17. The second-order valence-corrected chi connectivity index (χ2v) is 5.64. The van der Waals surface area contributed by atoms with Crippen LogP contribution in [0, 0.1) is 19.7 Å². The second kappa shape index (κ2) is 5.48. The third-order valence-electron chi connectivity index (χ3n) is 2.78. The van der Waals surface area contributed by atoms with Crippen molar-refractivity contribution in [3.05, 3.63) is 51.2 Å². The highest BCUT2D eigenvalue weighted by atomic mass is 32.1. The largest absolute Gasteiger partial charge is 0.337 e. The van der Waals surface area contributed by atoms with Crippen molar-refractivity contribution in [1.82, 2.24) is 9.88 Å². The van der Waals surface area contributed by atoms with E-state index in [2.05, 4.69) is 4.98 Å². The highest BCUT2D eigenvalue weighted by molar-refractivity contribution is 7.13. The summed E-state index contributed by atoms with van der Waals surface area (Å²) in [7, 11) is 1.74. The van der Waals surface area contributed by atoms with E-state index in [-0.39, 0.29) is 11.7 Å². The van der Waals surface area contributed by atoms with Gasteiger partial charge < -0.3 is 4.90 Å². The maximum Gasteiger partial charge on any atom is 0.265 e. The molecular formula is C14H15FN2OS. The number of rotatable bonds is 3. The summed E-state index contributed by atoms with van der Waals surface area (Å²) in [5.41, 5.74) is 1.66. The summed E-state index contributed by atoms with van der Waals surface area (Å²) < 4.78 is 12.8. The smallest absolute Gasteiger partial charge is 0.265 e. The third kappa shape index (κ3) is 3.17. The van der Waals surface area contributed by atoms with Crippen LogP contribution in [0.1, 0.15) is 25.9 Å². The Morgan fingerprint density at radius 2 is 1.95 bits per heavy atom. The summed E-state index contributed by atoms with van der Waals surface area (Å²) in [6.07, 6.45) is 0. The number of benzene rings is 1. The van der Waals surface area contributed by atoms with Gasteiger partial charge in [-0.15, -0.1) is 11.3 Å². The number of nitrogens with zero attached hydrogens (tertiary/aromatic N) is 2. The molecule has 100 valence electrons. The number of amides is 1. The number of aryl methyl sites for hydroxylation is 2. The lowest BCUT2D eigenvalue weighted by Crippen LogP contribution is -2.26. The van der Waals surface area contributed by atoms with Gasteiger partial charge in [0.2, 0.25) is 0 Å². The summed E-state index contributed by atoms with van der Waals surface area (Å²) in [6.45, 7) is 4.17. The molecule has 0 aliphatic heterocycles. The molecule has 0 atom stereocenters. The lowest BCUT2D eigenvalue weighted by atomic mass is 10.2. The molecule has 0 N–H and O–H groups in total. The Bertz CT molecular complexity index is 592. The molecule has 1 aromatic carbocycles. The predicted molar refractivity (Wildman–Crippen MR) is 73.8 cm³/mol. The van der Waals surface area contributed by atoms with Crippen LogP contribution in [0.3, 0.4) is 0 Å². The van der Waals surface area contributed by atoms with Gasteiger partial charge in [0, 0.05) is 13.6 Å². The molecule has 3 nitrogen and oxygen atoms in total. The molecule has 0 saturated heterocycles. The average molecular weight is 278 g/mol. The van der Waals surface area contributed by atoms with E-state index in [1.165, 1.54) is 23.5 Å². The SMILES string of the molecule is Cc1nc(C)c(C(=O)N(C)Cc2ccc(F)cc2)s1. The van der Waals surface area contributed by atoms with Crippen molar-refractivity contribution in [2.75, 3.05) is 7.05 Å². The van der Waals surface area contributed by atoms with Gasteiger partial charge in [-0.25, -0.2) is 9.37 Å². The molecule has 19 heavy (non-hydrogen) atoms. The van der Waals surface area contributed by atoms with Crippen molar-refractivity contribution in [3.8, 4) is 0 Å². The lowest BCUT2D eigenvalue weighted by molar-refractivity contribution is 0.0789. The zero-order chi connectivity index (χ0) is 14.0. The minimum atomic E-state index is -0.272. The first-order valence-corrected chi connectivity index (χ1v) is 6.73. The molecule has 0 spiro atoms. The molecule has 1 amide bonds. The molecule has 1 heterocycles. The fraction of sp³-hybridized carbons (Fsp3) is 0.286. The molecule has 0 unspecified atom stereocenters. The van der Waals surface area contributed by atoms with Crippen molar-refractivity contribution >= 4 is 17.2 Å². The minimum Gasteiger partial charge on any atom is -0.337 e. The zero-order valence-electron chi connectivity index (χ0n) is 11.1. The van der Waals surface area contributed by atoms with Crippen molar-refractivity contribution < 1.29 is 9.18 Å². The van der Waals surface area contributed by atoms with Gasteiger partial charge in [-0.2, -0.15) is 0 Å². The molecule has 0 fully saturated rings. The lowest BCUT2D eigenvalue weighted by Gasteiger charge is -2.16. The Morgan fingerprint density at radius 3 is 2.47 bits per heavy atom. The monoisotopic (exact) mass is 278 g/mol. The van der Waals surface area contributed by atoms with Crippen LogP contribution >= 0.6 is 11.3 Å². The van der Waals surface area contributed by atoms with Crippen molar-refractivity contribution in [3.63, 3.8) is 0 Å². The van der Waals surface area contributed by atoms with Gasteiger partial charge in [0.05, 0.1) is 10.7 Å². The van der Waals surface area contributed by atoms with Crippen LogP contribution in [-0.4, -0.2) is 22.8 Å². The number of halogens is 1. The van der Waals surface area contributed by atoms with Crippen LogP contribution < -0.4 is 0 Å². The molecule has 0 saturated carbocycles. The Labute approximate surface area is 115 Å². The van der Waals surface area contributed by atoms with E-state index < -0.39 is 0 Å². The van der Waals surface area contributed by atoms with Crippen molar-refractivity contribution in [1.29, 1.82) is 0 Å². The summed E-state index contributed by atoms with van der Waals surface area (Å²) in [5, 5.41) is 0.885. The maximum absolute atomic E-state index is 12.8. The maximum atomic E-state index is 12.8. The van der Waals surface area contributed by atoms with Crippen LogP contribution in [0.5, 0.6) is 0 Å². The highest BCUT2D eigenvalue weighted by Crippen LogP contribution is 2.19. The van der Waals surface area contributed by atoms with E-state index >= 15 is 0 Å². The Morgan fingerprint density at radius 1 is 1.32 bits per heavy atom. The topological polar surface area (TPSA) is 33.2 Å². The predicted octanol–water partition coefficient (Wildman–Crippen LogP) is 3.17. The molecule has 0 aliphatic carbocycles. The molecule has 5 heteroatoms. The second-order valence-electron chi connectivity index (χ2n) is 4.44. The highest BCUT2D eigenvalue weighted by Gasteiger charge is 2.17. The first kappa shape index (κ1) is 13.7. The van der Waals surface area contributed by atoms with Crippen LogP contribution in [0.2, 0.25) is 0 Å². The van der Waals surface area contributed by atoms with Crippen LogP contribution in [0.15, 0.2) is 24.3 Å². The molecule has 0 bridgehead atoms. The fourth-order valence-corrected chi connectivity index (χ4v) is 2.75. The number of aromatic nitrogens is 1. The molecule has 2 aromatic rings. The third-order valence-corrected chi connectivity index (χ3v) is 3.84. The van der Waals surface area contributed by atoms with Crippen LogP contribution in [0.25, 0.3) is 0 Å². The molecule has 1 aromatic heterocycles. The summed E-state index contributed by atoms with van der Waals surface area (Å²) in [5.74, 6) is -0.320. The Balaban J connectivity index is 2.11. The van der Waals surface area contributed by atoms with Crippen molar-refractivity contribution in [2.45, 2.75) is 20.4 Å². The van der Waals surface area contributed by atoms with Crippen LogP contribution in [0.4, 0.5) is 4.39 Å². The van der Waals surface area contributed by atoms with E-state index in [0.717, 1.165) is 16.3 Å². The van der Waals surface area contributed by atoms with E-state index in [1.54, 1.807) is 24.1 Å². The number of carbonyl (C=O) groups excluding carboxylic acids is 1. The number of hydrogen-bond donors (Lipinski definition) is 0. The van der Waals surface area contributed by atoms with Gasteiger partial charge in [0.1, 0.15) is 10.7 Å². The summed E-state index contributed by atoms with van der Waals surface area (Å²) in [4.78, 5) is 18.8. The standard InChI is InChI=1S/C14H15FN2OS/c1-9-13(19-10(2)16-9)14(18)17(3)8-11-4-6-12(15)7-5-11/h4-7H,8H2,1-3H3. The van der Waals surface area contributed by atoms with Gasteiger partial charge >= 0.3 is 0 Å². The van der Waals surface area contributed by atoms with Gasteiger partial charge in [-0.1, -0.05) is 12.1 Å². The van der Waals surface area contributed by atoms with Gasteiger partial charge in [-0.3, -0.25) is 4.79 Å². The first-order chi connectivity index (χ1) is 8.97. The minimum absolute atomic E-state index is 0.0487. The molecule has 0 aliphatic rings. The Kier molecular flexibility index (Phi) is 3.95. The quantitative estimate of drug-likeness (QED) is 0.864. The van der Waals surface area contributed by atoms with Crippen LogP contribution in [-0.2, 0) is 6.54 Å². The number of carbonyl (C=O) groups is 1. The first-order valence-electron chi connectivity index (χ1n) is 5.91. The molecule has 0 radical (unpaired) electrons. The number of thiazole rings is 1. The molecular weight excluding hydrogens is 263 g/mol. The molecule has 2 rings (SSSR count). The normalized spacial score (nSPS) is 10.5. The zero-order valence-corrected chi connectivity index (χ0v) is 11.9.